The van der Waals surface area contributed by atoms with Crippen molar-refractivity contribution in [2.75, 3.05) is 33.3 Å². The van der Waals surface area contributed by atoms with Gasteiger partial charge in [0.15, 0.2) is 0 Å². The fourth-order valence-electron chi connectivity index (χ4n) is 3.24. The van der Waals surface area contributed by atoms with Crippen molar-refractivity contribution in [2.24, 2.45) is 0 Å². The summed E-state index contributed by atoms with van der Waals surface area (Å²) in [5.41, 5.74) is 1.89. The first-order chi connectivity index (χ1) is 12.9. The highest BCUT2D eigenvalue weighted by Crippen LogP contribution is 2.37. The van der Waals surface area contributed by atoms with E-state index in [2.05, 4.69) is 30.9 Å². The molecule has 1 aliphatic rings. The van der Waals surface area contributed by atoms with Gasteiger partial charge in [0, 0.05) is 30.7 Å². The maximum absolute atomic E-state index is 12.4. The third kappa shape index (κ3) is 6.93. The minimum atomic E-state index is -4.70. The molecule has 0 bridgehead atoms. The molecule has 1 atom stereocenters. The van der Waals surface area contributed by atoms with Gasteiger partial charge in [0.25, 0.3) is 0 Å². The third-order valence-corrected chi connectivity index (χ3v) is 5.17. The largest absolute Gasteiger partial charge is 0.573 e. The Balaban J connectivity index is 0.00000210. The number of nitrogens with one attached hydrogen (secondary N) is 1. The predicted octanol–water partition coefficient (Wildman–Crippen LogP) is 5.19. The predicted molar refractivity (Wildman–Crippen MR) is 115 cm³/mol. The summed E-state index contributed by atoms with van der Waals surface area (Å²) < 4.78 is 47.6. The number of piperazine rings is 1. The van der Waals surface area contributed by atoms with E-state index in [1.54, 1.807) is 19.2 Å². The van der Waals surface area contributed by atoms with Gasteiger partial charge in [0.2, 0.25) is 0 Å². The van der Waals surface area contributed by atoms with E-state index in [0.29, 0.717) is 0 Å². The van der Waals surface area contributed by atoms with Crippen molar-refractivity contribution in [1.82, 2.24) is 10.2 Å². The number of alkyl halides is 3. The molecule has 0 unspecified atom stereocenters. The summed E-state index contributed by atoms with van der Waals surface area (Å²) in [7, 11) is 1.61. The number of halogens is 6. The Morgan fingerprint density at radius 1 is 1.00 bits per heavy atom. The molecule has 0 radical (unpaired) electrons. The van der Waals surface area contributed by atoms with Gasteiger partial charge in [-0.15, -0.1) is 38.0 Å². The third-order valence-electron chi connectivity index (χ3n) is 4.44. The molecule has 0 spiro atoms. The number of benzene rings is 2. The molecular formula is C19H22BrCl2F3N2O2. The van der Waals surface area contributed by atoms with Gasteiger partial charge in [-0.1, -0.05) is 28.1 Å². The zero-order chi connectivity index (χ0) is 19.4. The first kappa shape index (κ1) is 25.8. The molecule has 10 heteroatoms. The van der Waals surface area contributed by atoms with Crippen LogP contribution in [0.4, 0.5) is 13.2 Å². The first-order valence-corrected chi connectivity index (χ1v) is 9.30. The molecule has 0 saturated carbocycles. The van der Waals surface area contributed by atoms with E-state index in [1.165, 1.54) is 12.1 Å². The Hall–Kier alpha value is -1.19. The van der Waals surface area contributed by atoms with Gasteiger partial charge < -0.3 is 14.8 Å². The summed E-state index contributed by atoms with van der Waals surface area (Å²) in [4.78, 5) is 2.30. The Kier molecular flexibility index (Phi) is 10.0. The Bertz CT molecular complexity index is 773. The molecular weight excluding hydrogens is 496 g/mol. The minimum Gasteiger partial charge on any atom is -0.497 e. The number of nitrogens with zero attached hydrogens (tertiary/aromatic N) is 1. The lowest BCUT2D eigenvalue weighted by molar-refractivity contribution is -0.274. The monoisotopic (exact) mass is 516 g/mol. The molecule has 29 heavy (non-hydrogen) atoms. The molecule has 1 N–H and O–H groups in total. The number of hydrogen-bond acceptors (Lipinski definition) is 4. The van der Waals surface area contributed by atoms with Gasteiger partial charge in [0.05, 0.1) is 13.2 Å². The number of ether oxygens (including phenoxy) is 2. The fourth-order valence-corrected chi connectivity index (χ4v) is 3.70. The van der Waals surface area contributed by atoms with Crippen LogP contribution >= 0.6 is 40.7 Å². The van der Waals surface area contributed by atoms with Gasteiger partial charge in [-0.05, 0) is 41.5 Å². The second-order valence-electron chi connectivity index (χ2n) is 6.19. The lowest BCUT2D eigenvalue weighted by atomic mass is 9.96. The van der Waals surface area contributed by atoms with E-state index in [-0.39, 0.29) is 36.6 Å². The standard InChI is InChI=1S/C19H20BrF3N2O2.2ClH/c1-26-15-6-7-17(20)16(12-15)18(25-10-8-24-9-11-25)13-2-4-14(5-3-13)27-19(21,22)23;;/h2-7,12,18,24H,8-11H2,1H3;2*1H/t18-;;/m1../s1. The number of rotatable bonds is 5. The minimum absolute atomic E-state index is 0. The van der Waals surface area contributed by atoms with Gasteiger partial charge in [-0.25, -0.2) is 0 Å². The van der Waals surface area contributed by atoms with Crippen LogP contribution in [0.5, 0.6) is 11.5 Å². The molecule has 0 amide bonds. The Morgan fingerprint density at radius 3 is 2.14 bits per heavy atom. The molecule has 1 saturated heterocycles. The molecule has 4 nitrogen and oxygen atoms in total. The smallest absolute Gasteiger partial charge is 0.497 e. The molecule has 2 aromatic rings. The van der Waals surface area contributed by atoms with Gasteiger partial charge in [-0.2, -0.15) is 0 Å². The van der Waals surface area contributed by atoms with Crippen molar-refractivity contribution >= 4 is 40.7 Å². The summed E-state index contributed by atoms with van der Waals surface area (Å²) in [6.45, 7) is 3.37. The number of methoxy groups -OCH3 is 1. The number of hydrogen-bond donors (Lipinski definition) is 1. The SMILES string of the molecule is COc1ccc(Br)c([C@@H](c2ccc(OC(F)(F)F)cc2)N2CCNCC2)c1.Cl.Cl. The van der Waals surface area contributed by atoms with Crippen LogP contribution in [0.3, 0.4) is 0 Å². The highest BCUT2D eigenvalue weighted by molar-refractivity contribution is 9.10. The second kappa shape index (κ2) is 11.3. The molecule has 3 rings (SSSR count). The summed E-state index contributed by atoms with van der Waals surface area (Å²) in [5, 5.41) is 3.32. The van der Waals surface area contributed by atoms with Crippen molar-refractivity contribution in [2.45, 2.75) is 12.4 Å². The summed E-state index contributed by atoms with van der Waals surface area (Å²) in [6.07, 6.45) is -4.70. The van der Waals surface area contributed by atoms with Crippen LogP contribution in [0, 0.1) is 0 Å². The van der Waals surface area contributed by atoms with Gasteiger partial charge in [-0.3, -0.25) is 4.90 Å². The zero-order valence-electron chi connectivity index (χ0n) is 15.5. The maximum atomic E-state index is 12.4. The average molecular weight is 518 g/mol. The van der Waals surface area contributed by atoms with Crippen LogP contribution in [0.15, 0.2) is 46.9 Å². The van der Waals surface area contributed by atoms with E-state index in [9.17, 15) is 13.2 Å². The van der Waals surface area contributed by atoms with Crippen LogP contribution in [0.2, 0.25) is 0 Å². The normalized spacial score (nSPS) is 15.6. The van der Waals surface area contributed by atoms with Crippen LogP contribution in [0.25, 0.3) is 0 Å². The van der Waals surface area contributed by atoms with Crippen molar-refractivity contribution in [3.05, 3.63) is 58.1 Å². The molecule has 0 aromatic heterocycles. The second-order valence-corrected chi connectivity index (χ2v) is 7.05. The lowest BCUT2D eigenvalue weighted by Gasteiger charge is -2.36. The van der Waals surface area contributed by atoms with Crippen LogP contribution in [-0.2, 0) is 0 Å². The van der Waals surface area contributed by atoms with E-state index in [4.69, 9.17) is 4.74 Å². The maximum Gasteiger partial charge on any atom is 0.573 e. The van der Waals surface area contributed by atoms with Crippen molar-refractivity contribution in [3.63, 3.8) is 0 Å². The summed E-state index contributed by atoms with van der Waals surface area (Å²) >= 11 is 3.61. The van der Waals surface area contributed by atoms with Crippen molar-refractivity contribution < 1.29 is 22.6 Å². The van der Waals surface area contributed by atoms with Crippen molar-refractivity contribution in [1.29, 1.82) is 0 Å². The Labute approximate surface area is 188 Å². The highest BCUT2D eigenvalue weighted by atomic mass is 79.9. The Morgan fingerprint density at radius 2 is 1.59 bits per heavy atom. The van der Waals surface area contributed by atoms with Gasteiger partial charge >= 0.3 is 6.36 Å². The van der Waals surface area contributed by atoms with Crippen LogP contribution < -0.4 is 14.8 Å². The highest BCUT2D eigenvalue weighted by Gasteiger charge is 2.31. The zero-order valence-corrected chi connectivity index (χ0v) is 18.8. The molecule has 1 aliphatic heterocycles. The van der Waals surface area contributed by atoms with E-state index < -0.39 is 6.36 Å². The van der Waals surface area contributed by atoms with E-state index in [0.717, 1.165) is 47.5 Å². The van der Waals surface area contributed by atoms with E-state index in [1.807, 2.05) is 18.2 Å². The van der Waals surface area contributed by atoms with Gasteiger partial charge in [0.1, 0.15) is 11.5 Å². The van der Waals surface area contributed by atoms with Crippen molar-refractivity contribution in [3.8, 4) is 11.5 Å². The fraction of sp³-hybridized carbons (Fsp3) is 0.368. The summed E-state index contributed by atoms with van der Waals surface area (Å²) in [6, 6.07) is 11.7. The molecule has 0 aliphatic carbocycles. The molecule has 162 valence electrons. The summed E-state index contributed by atoms with van der Waals surface area (Å²) in [5.74, 6) is 0.500. The molecule has 2 aromatic carbocycles. The molecule has 1 fully saturated rings. The topological polar surface area (TPSA) is 33.7 Å². The van der Waals surface area contributed by atoms with Crippen LogP contribution in [0.1, 0.15) is 17.2 Å². The average Bonchev–Trinajstić information content (AvgIpc) is 2.64. The first-order valence-electron chi connectivity index (χ1n) is 8.51. The van der Waals surface area contributed by atoms with E-state index >= 15 is 0 Å². The molecule has 1 heterocycles. The van der Waals surface area contributed by atoms with Crippen LogP contribution in [-0.4, -0.2) is 44.6 Å². The lowest BCUT2D eigenvalue weighted by Crippen LogP contribution is -2.45. The quantitative estimate of drug-likeness (QED) is 0.591.